The molecule has 0 spiro atoms. The molecule has 0 heterocycles. The molecule has 1 unspecified atom stereocenters. The first-order valence-corrected chi connectivity index (χ1v) is 6.03. The lowest BCUT2D eigenvalue weighted by Gasteiger charge is -2.19. The molecule has 1 atom stereocenters. The van der Waals surface area contributed by atoms with Gasteiger partial charge in [-0.3, -0.25) is 4.79 Å². The van der Waals surface area contributed by atoms with Crippen LogP contribution in [0.1, 0.15) is 18.9 Å². The van der Waals surface area contributed by atoms with Crippen LogP contribution >= 0.6 is 15.9 Å². The van der Waals surface area contributed by atoms with E-state index in [1.807, 2.05) is 31.2 Å². The third kappa shape index (κ3) is 3.94. The van der Waals surface area contributed by atoms with Crippen LogP contribution in [-0.2, 0) is 11.3 Å². The van der Waals surface area contributed by atoms with Crippen molar-refractivity contribution in [1.29, 1.82) is 0 Å². The van der Waals surface area contributed by atoms with E-state index < -0.39 is 0 Å². The van der Waals surface area contributed by atoms with Gasteiger partial charge in [-0.25, -0.2) is 0 Å². The van der Waals surface area contributed by atoms with Crippen LogP contribution in [0, 0.1) is 0 Å². The minimum Gasteiger partial charge on any atom is -0.341 e. The lowest BCUT2D eigenvalue weighted by molar-refractivity contribution is -0.130. The zero-order valence-electron chi connectivity index (χ0n) is 9.61. The number of rotatable bonds is 4. The van der Waals surface area contributed by atoms with Crippen molar-refractivity contribution in [1.82, 2.24) is 4.90 Å². The van der Waals surface area contributed by atoms with Crippen molar-refractivity contribution in [2.24, 2.45) is 5.73 Å². The third-order valence-electron chi connectivity index (χ3n) is 2.29. The van der Waals surface area contributed by atoms with Gasteiger partial charge in [0.2, 0.25) is 5.91 Å². The number of halogens is 1. The number of carbonyl (C=O) groups excluding carboxylic acids is 1. The number of hydrogen-bond donors (Lipinski definition) is 1. The van der Waals surface area contributed by atoms with Crippen molar-refractivity contribution in [3.8, 4) is 0 Å². The van der Waals surface area contributed by atoms with Gasteiger partial charge >= 0.3 is 0 Å². The standard InChI is InChI=1S/C12H17BrN2O/c1-9(14)7-12(16)15(2)8-10-5-3-4-6-11(10)13/h3-6,9H,7-8,14H2,1-2H3. The fourth-order valence-corrected chi connectivity index (χ4v) is 1.81. The van der Waals surface area contributed by atoms with Crippen LogP contribution in [0.2, 0.25) is 0 Å². The predicted octanol–water partition coefficient (Wildman–Crippen LogP) is 2.14. The summed E-state index contributed by atoms with van der Waals surface area (Å²) in [5, 5.41) is 0. The lowest BCUT2D eigenvalue weighted by Crippen LogP contribution is -2.31. The fraction of sp³-hybridized carbons (Fsp3) is 0.417. The first-order valence-electron chi connectivity index (χ1n) is 5.23. The smallest absolute Gasteiger partial charge is 0.224 e. The van der Waals surface area contributed by atoms with Crippen LogP contribution in [0.4, 0.5) is 0 Å². The molecule has 0 aromatic heterocycles. The second kappa shape index (κ2) is 6.01. The zero-order chi connectivity index (χ0) is 12.1. The summed E-state index contributed by atoms with van der Waals surface area (Å²) in [5.74, 6) is 0.0748. The summed E-state index contributed by atoms with van der Waals surface area (Å²) in [7, 11) is 1.80. The summed E-state index contributed by atoms with van der Waals surface area (Å²) >= 11 is 3.46. The molecular formula is C12H17BrN2O. The van der Waals surface area contributed by atoms with Crippen molar-refractivity contribution in [2.75, 3.05) is 7.05 Å². The minimum absolute atomic E-state index is 0.0748. The average molecular weight is 285 g/mol. The second-order valence-electron chi connectivity index (χ2n) is 4.02. The summed E-state index contributed by atoms with van der Waals surface area (Å²) in [4.78, 5) is 13.4. The quantitative estimate of drug-likeness (QED) is 0.921. The monoisotopic (exact) mass is 284 g/mol. The summed E-state index contributed by atoms with van der Waals surface area (Å²) in [6.45, 7) is 2.44. The van der Waals surface area contributed by atoms with Gasteiger partial charge in [0.1, 0.15) is 0 Å². The van der Waals surface area contributed by atoms with Crippen molar-refractivity contribution in [3.63, 3.8) is 0 Å². The van der Waals surface area contributed by atoms with Crippen molar-refractivity contribution >= 4 is 21.8 Å². The van der Waals surface area contributed by atoms with E-state index in [0.717, 1.165) is 10.0 Å². The number of hydrogen-bond acceptors (Lipinski definition) is 2. The molecule has 1 rings (SSSR count). The molecule has 1 amide bonds. The Morgan fingerprint density at radius 3 is 2.69 bits per heavy atom. The number of benzene rings is 1. The molecule has 0 fully saturated rings. The Bertz CT molecular complexity index is 366. The van der Waals surface area contributed by atoms with Gasteiger partial charge in [0.15, 0.2) is 0 Å². The highest BCUT2D eigenvalue weighted by molar-refractivity contribution is 9.10. The number of carbonyl (C=O) groups is 1. The van der Waals surface area contributed by atoms with Crippen molar-refractivity contribution in [2.45, 2.75) is 25.9 Å². The summed E-state index contributed by atoms with van der Waals surface area (Å²) in [6, 6.07) is 7.80. The van der Waals surface area contributed by atoms with Crippen LogP contribution in [-0.4, -0.2) is 23.9 Å². The van der Waals surface area contributed by atoms with Gasteiger partial charge in [-0.15, -0.1) is 0 Å². The Balaban J connectivity index is 2.61. The SMILES string of the molecule is CC(N)CC(=O)N(C)Cc1ccccc1Br. The molecule has 0 bridgehead atoms. The molecule has 16 heavy (non-hydrogen) atoms. The average Bonchev–Trinajstić information content (AvgIpc) is 2.20. The van der Waals surface area contributed by atoms with Gasteiger partial charge in [-0.05, 0) is 18.6 Å². The minimum atomic E-state index is -0.0887. The Hall–Kier alpha value is -0.870. The lowest BCUT2D eigenvalue weighted by atomic mass is 10.2. The van der Waals surface area contributed by atoms with E-state index in [2.05, 4.69) is 15.9 Å². The van der Waals surface area contributed by atoms with Crippen LogP contribution in [0.3, 0.4) is 0 Å². The van der Waals surface area contributed by atoms with Crippen molar-refractivity contribution in [3.05, 3.63) is 34.3 Å². The normalized spacial score (nSPS) is 12.2. The van der Waals surface area contributed by atoms with E-state index in [1.165, 1.54) is 0 Å². The van der Waals surface area contributed by atoms with E-state index >= 15 is 0 Å². The maximum absolute atomic E-state index is 11.7. The summed E-state index contributed by atoms with van der Waals surface area (Å²) in [5.41, 5.74) is 6.70. The first-order chi connectivity index (χ1) is 7.50. The Morgan fingerprint density at radius 1 is 1.50 bits per heavy atom. The molecule has 0 saturated carbocycles. The molecule has 0 aliphatic heterocycles. The number of nitrogens with two attached hydrogens (primary N) is 1. The van der Waals surface area contributed by atoms with Gasteiger partial charge in [-0.1, -0.05) is 34.1 Å². The zero-order valence-corrected chi connectivity index (χ0v) is 11.2. The highest BCUT2D eigenvalue weighted by Crippen LogP contribution is 2.17. The molecular weight excluding hydrogens is 268 g/mol. The molecule has 3 nitrogen and oxygen atoms in total. The van der Waals surface area contributed by atoms with E-state index in [4.69, 9.17) is 5.73 Å². The molecule has 88 valence electrons. The molecule has 0 aliphatic rings. The summed E-state index contributed by atoms with van der Waals surface area (Å²) < 4.78 is 1.02. The molecule has 4 heteroatoms. The van der Waals surface area contributed by atoms with Gasteiger partial charge < -0.3 is 10.6 Å². The van der Waals surface area contributed by atoms with E-state index in [-0.39, 0.29) is 11.9 Å². The third-order valence-corrected chi connectivity index (χ3v) is 3.06. The van der Waals surface area contributed by atoms with Crippen molar-refractivity contribution < 1.29 is 4.79 Å². The van der Waals surface area contributed by atoms with Crippen LogP contribution < -0.4 is 5.73 Å². The van der Waals surface area contributed by atoms with Gasteiger partial charge in [0.25, 0.3) is 0 Å². The largest absolute Gasteiger partial charge is 0.341 e. The highest BCUT2D eigenvalue weighted by atomic mass is 79.9. The van der Waals surface area contributed by atoms with E-state index in [0.29, 0.717) is 13.0 Å². The maximum Gasteiger partial charge on any atom is 0.224 e. The topological polar surface area (TPSA) is 46.3 Å². The summed E-state index contributed by atoms with van der Waals surface area (Å²) in [6.07, 6.45) is 0.390. The van der Waals surface area contributed by atoms with E-state index in [1.54, 1.807) is 11.9 Å². The van der Waals surface area contributed by atoms with Gasteiger partial charge in [-0.2, -0.15) is 0 Å². The van der Waals surface area contributed by atoms with Crippen LogP contribution in [0.25, 0.3) is 0 Å². The Kier molecular flexibility index (Phi) is 4.96. The molecule has 1 aromatic rings. The predicted molar refractivity (Wildman–Crippen MR) is 68.9 cm³/mol. The van der Waals surface area contributed by atoms with Gasteiger partial charge in [0.05, 0.1) is 0 Å². The number of nitrogens with zero attached hydrogens (tertiary/aromatic N) is 1. The first kappa shape index (κ1) is 13.2. The van der Waals surface area contributed by atoms with Gasteiger partial charge in [0, 0.05) is 30.5 Å². The van der Waals surface area contributed by atoms with E-state index in [9.17, 15) is 4.79 Å². The van der Waals surface area contributed by atoms with Crippen LogP contribution in [0.5, 0.6) is 0 Å². The molecule has 2 N–H and O–H groups in total. The Morgan fingerprint density at radius 2 is 2.12 bits per heavy atom. The molecule has 0 saturated heterocycles. The second-order valence-corrected chi connectivity index (χ2v) is 4.88. The highest BCUT2D eigenvalue weighted by Gasteiger charge is 2.12. The fourth-order valence-electron chi connectivity index (χ4n) is 1.40. The molecule has 0 radical (unpaired) electrons. The molecule has 0 aliphatic carbocycles. The molecule has 1 aromatic carbocycles. The van der Waals surface area contributed by atoms with Crippen LogP contribution in [0.15, 0.2) is 28.7 Å². The number of amides is 1. The maximum atomic E-state index is 11.7. The Labute approximate surface area is 105 Å².